The number of nitrogen functional groups attached to an aromatic ring is 1. The van der Waals surface area contributed by atoms with Gasteiger partial charge in [0.2, 0.25) is 5.27 Å². The van der Waals surface area contributed by atoms with Gasteiger partial charge in [0.15, 0.2) is 6.04 Å². The van der Waals surface area contributed by atoms with Gasteiger partial charge in [0, 0.05) is 23.9 Å². The Morgan fingerprint density at radius 2 is 1.94 bits per heavy atom. The lowest BCUT2D eigenvalue weighted by atomic mass is 9.79. The van der Waals surface area contributed by atoms with Crippen LogP contribution in [0.25, 0.3) is 0 Å². The molecule has 1 aliphatic heterocycles. The largest absolute Gasteiger partial charge is 0.362 e. The Hall–Kier alpha value is -1.14. The first-order valence-corrected chi connectivity index (χ1v) is 5.85. The fourth-order valence-corrected chi connectivity index (χ4v) is 2.85. The van der Waals surface area contributed by atoms with Crippen molar-refractivity contribution in [1.29, 1.82) is 0 Å². The molecule has 2 heterocycles. The zero-order valence-corrected chi connectivity index (χ0v) is 10.8. The maximum absolute atomic E-state index is 10.2. The fraction of sp³-hybridized carbons (Fsp3) is 0.818. The van der Waals surface area contributed by atoms with E-state index in [1.807, 2.05) is 27.7 Å². The van der Waals surface area contributed by atoms with Crippen molar-refractivity contribution in [3.05, 3.63) is 6.20 Å². The number of piperidine rings is 1. The Balaban J connectivity index is 2.27. The van der Waals surface area contributed by atoms with Crippen molar-refractivity contribution in [3.8, 4) is 0 Å². The third-order valence-corrected chi connectivity index (χ3v) is 3.49. The van der Waals surface area contributed by atoms with E-state index in [1.54, 1.807) is 10.9 Å². The van der Waals surface area contributed by atoms with Gasteiger partial charge in [0.1, 0.15) is 0 Å². The lowest BCUT2D eigenvalue weighted by Gasteiger charge is -2.48. The summed E-state index contributed by atoms with van der Waals surface area (Å²) in [5, 5.41) is 15.5. The van der Waals surface area contributed by atoms with E-state index >= 15 is 0 Å². The van der Waals surface area contributed by atoms with Crippen LogP contribution in [0.5, 0.6) is 0 Å². The summed E-state index contributed by atoms with van der Waals surface area (Å²) in [7, 11) is 0. The molecule has 1 aromatic rings. The molecule has 96 valence electrons. The Kier molecular flexibility index (Phi) is 2.67. The highest BCUT2D eigenvalue weighted by molar-refractivity contribution is 5.11. The Morgan fingerprint density at radius 1 is 1.41 bits per heavy atom. The van der Waals surface area contributed by atoms with E-state index in [0.29, 0.717) is 5.88 Å². The average molecular weight is 241 g/mol. The number of nitrogens with zero attached hydrogens (tertiary/aromatic N) is 3. The first-order valence-electron chi connectivity index (χ1n) is 5.85. The zero-order valence-electron chi connectivity index (χ0n) is 10.8. The zero-order chi connectivity index (χ0) is 12.8. The molecule has 1 fully saturated rings. The quantitative estimate of drug-likeness (QED) is 0.720. The van der Waals surface area contributed by atoms with E-state index < -0.39 is 0 Å². The first kappa shape index (κ1) is 12.3. The molecule has 2 rings (SSSR count). The van der Waals surface area contributed by atoms with Gasteiger partial charge in [-0.05, 0) is 32.4 Å². The third kappa shape index (κ3) is 2.14. The molecule has 0 aromatic carbocycles. The van der Waals surface area contributed by atoms with Crippen LogP contribution in [0.3, 0.4) is 0 Å². The molecular formula is C11H21N4O2+. The monoisotopic (exact) mass is 241 g/mol. The molecule has 0 amide bonds. The topological polar surface area (TPSA) is 79.4 Å². The molecule has 1 aliphatic rings. The van der Waals surface area contributed by atoms with Gasteiger partial charge < -0.3 is 10.9 Å². The summed E-state index contributed by atoms with van der Waals surface area (Å²) in [6.45, 7) is 8.08. The van der Waals surface area contributed by atoms with E-state index in [2.05, 4.69) is 5.27 Å². The van der Waals surface area contributed by atoms with Crippen molar-refractivity contribution < 1.29 is 14.4 Å². The van der Waals surface area contributed by atoms with Crippen LogP contribution in [0.1, 0.15) is 46.6 Å². The third-order valence-electron chi connectivity index (χ3n) is 3.49. The Morgan fingerprint density at radius 3 is 2.35 bits per heavy atom. The number of nitrogens with two attached hydrogens (primary N) is 1. The maximum Gasteiger partial charge on any atom is 0.293 e. The second-order valence-corrected chi connectivity index (χ2v) is 6.08. The van der Waals surface area contributed by atoms with Gasteiger partial charge in [-0.25, -0.2) is 0 Å². The second kappa shape index (κ2) is 3.68. The molecule has 0 aliphatic carbocycles. The molecule has 0 spiro atoms. The number of aromatic nitrogens is 2. The maximum atomic E-state index is 10.2. The summed E-state index contributed by atoms with van der Waals surface area (Å²) in [5.41, 5.74) is 4.94. The molecular weight excluding hydrogens is 220 g/mol. The lowest BCUT2D eigenvalue weighted by Crippen LogP contribution is -2.62. The van der Waals surface area contributed by atoms with Gasteiger partial charge in [-0.1, -0.05) is 0 Å². The first-order chi connectivity index (χ1) is 7.72. The van der Waals surface area contributed by atoms with Crippen molar-refractivity contribution in [1.82, 2.24) is 10.3 Å². The van der Waals surface area contributed by atoms with Crippen molar-refractivity contribution in [2.24, 2.45) is 0 Å². The van der Waals surface area contributed by atoms with Crippen LogP contribution in [-0.2, 0) is 0 Å². The van der Waals surface area contributed by atoms with Crippen LogP contribution in [0.4, 0.5) is 5.88 Å². The van der Waals surface area contributed by atoms with Crippen LogP contribution in [0.2, 0.25) is 0 Å². The van der Waals surface area contributed by atoms with Gasteiger partial charge in [-0.15, -0.1) is 0 Å². The molecule has 6 nitrogen and oxygen atoms in total. The van der Waals surface area contributed by atoms with Crippen LogP contribution >= 0.6 is 0 Å². The van der Waals surface area contributed by atoms with E-state index in [9.17, 15) is 5.21 Å². The minimum atomic E-state index is -0.298. The number of hydrogen-bond acceptors (Lipinski definition) is 5. The summed E-state index contributed by atoms with van der Waals surface area (Å²) in [6, 6.07) is 0.185. The van der Waals surface area contributed by atoms with Crippen molar-refractivity contribution >= 4 is 5.88 Å². The number of anilines is 1. The molecule has 1 saturated heterocycles. The van der Waals surface area contributed by atoms with E-state index in [-0.39, 0.29) is 17.1 Å². The van der Waals surface area contributed by atoms with Gasteiger partial charge in [0.25, 0.3) is 12.1 Å². The van der Waals surface area contributed by atoms with E-state index in [1.165, 1.54) is 5.06 Å². The van der Waals surface area contributed by atoms with Gasteiger partial charge in [-0.3, -0.25) is 4.52 Å². The predicted octanol–water partition coefficient (Wildman–Crippen LogP) is 1.13. The van der Waals surface area contributed by atoms with E-state index in [4.69, 9.17) is 10.3 Å². The van der Waals surface area contributed by atoms with Gasteiger partial charge >= 0.3 is 0 Å². The van der Waals surface area contributed by atoms with Gasteiger partial charge in [0.05, 0.1) is 0 Å². The standard InChI is InChI=1S/C11H21N4O2/c1-10(2)5-8(6-11(3,4)15(10)16)14-7-9(12)17-13-14/h7-8,16H,5-6,12H2,1-4H3/q+1. The Labute approximate surface area is 101 Å². The normalized spacial score (nSPS) is 25.0. The molecule has 0 saturated carbocycles. The van der Waals surface area contributed by atoms with Gasteiger partial charge in [-0.2, -0.15) is 5.06 Å². The molecule has 0 atom stereocenters. The van der Waals surface area contributed by atoms with Crippen molar-refractivity contribution in [2.45, 2.75) is 57.7 Å². The summed E-state index contributed by atoms with van der Waals surface area (Å²) < 4.78 is 6.65. The Bertz CT molecular complexity index is 395. The molecule has 17 heavy (non-hydrogen) atoms. The molecule has 0 radical (unpaired) electrons. The number of hydroxylamine groups is 2. The molecule has 6 heteroatoms. The summed E-state index contributed by atoms with van der Waals surface area (Å²) in [5.74, 6) is 0.312. The predicted molar refractivity (Wildman–Crippen MR) is 61.2 cm³/mol. The highest BCUT2D eigenvalue weighted by atomic mass is 16.5. The van der Waals surface area contributed by atoms with E-state index in [0.717, 1.165) is 12.8 Å². The summed E-state index contributed by atoms with van der Waals surface area (Å²) >= 11 is 0. The number of rotatable bonds is 1. The van der Waals surface area contributed by atoms with Crippen LogP contribution in [0.15, 0.2) is 10.7 Å². The molecule has 0 bridgehead atoms. The number of hydrogen-bond donors (Lipinski definition) is 2. The second-order valence-electron chi connectivity index (χ2n) is 6.08. The highest BCUT2D eigenvalue weighted by Crippen LogP contribution is 2.39. The minimum Gasteiger partial charge on any atom is -0.362 e. The highest BCUT2D eigenvalue weighted by Gasteiger charge is 2.49. The molecule has 0 unspecified atom stereocenters. The van der Waals surface area contributed by atoms with Crippen molar-refractivity contribution in [3.63, 3.8) is 0 Å². The summed E-state index contributed by atoms with van der Waals surface area (Å²) in [4.78, 5) is 0. The summed E-state index contributed by atoms with van der Waals surface area (Å²) in [6.07, 6.45) is 3.29. The van der Waals surface area contributed by atoms with Crippen LogP contribution < -0.4 is 10.4 Å². The van der Waals surface area contributed by atoms with Crippen molar-refractivity contribution in [2.75, 3.05) is 5.73 Å². The smallest absolute Gasteiger partial charge is 0.293 e. The SMILES string of the molecule is CC1(C)CC([n+]2cc(N)on2)CC(C)(C)N1O. The fourth-order valence-electron chi connectivity index (χ4n) is 2.85. The molecule has 1 aromatic heterocycles. The average Bonchev–Trinajstić information content (AvgIpc) is 2.60. The minimum absolute atomic E-state index is 0.185. The van der Waals surface area contributed by atoms with Crippen LogP contribution in [-0.4, -0.2) is 26.6 Å². The van der Waals surface area contributed by atoms with Crippen LogP contribution in [0, 0.1) is 0 Å². The lowest BCUT2D eigenvalue weighted by molar-refractivity contribution is -0.791. The molecule has 3 N–H and O–H groups in total.